The van der Waals surface area contributed by atoms with Gasteiger partial charge in [-0.15, -0.1) is 0 Å². The molecule has 2 aromatic heterocycles. The number of furan rings is 1. The van der Waals surface area contributed by atoms with Gasteiger partial charge in [0.25, 0.3) is 11.7 Å². The number of halogens is 1. The summed E-state index contributed by atoms with van der Waals surface area (Å²) in [7, 11) is 1.32. The molecule has 30 heavy (non-hydrogen) atoms. The fourth-order valence-corrected chi connectivity index (χ4v) is 3.47. The number of Topliss-reactive ketones (excluding diaryl/α,β-unsaturated/α-hetero) is 1. The van der Waals surface area contributed by atoms with Crippen LogP contribution in [0.3, 0.4) is 0 Å². The number of ether oxygens (including phenoxy) is 1. The zero-order valence-corrected chi connectivity index (χ0v) is 15.9. The van der Waals surface area contributed by atoms with Crippen LogP contribution in [0.15, 0.2) is 71.1 Å². The molecule has 0 radical (unpaired) electrons. The number of aliphatic hydroxyl groups excluding tert-OH is 1. The highest BCUT2D eigenvalue weighted by molar-refractivity contribution is 6.46. The summed E-state index contributed by atoms with van der Waals surface area (Å²) in [6.07, 6.45) is 4.51. The molecule has 1 aromatic carbocycles. The number of hydrogen-bond donors (Lipinski definition) is 1. The Hall–Kier alpha value is -3.94. The van der Waals surface area contributed by atoms with Crippen LogP contribution in [-0.4, -0.2) is 33.8 Å². The molecule has 1 N–H and O–H groups in total. The number of hydrogen-bond acceptors (Lipinski definition) is 6. The summed E-state index contributed by atoms with van der Waals surface area (Å²) in [6.45, 7) is 0.0261. The minimum atomic E-state index is -0.886. The maximum Gasteiger partial charge on any atom is 0.296 e. The molecule has 7 nitrogen and oxygen atoms in total. The molecule has 8 heteroatoms. The van der Waals surface area contributed by atoms with E-state index in [2.05, 4.69) is 4.98 Å². The second kappa shape index (κ2) is 7.82. The van der Waals surface area contributed by atoms with Crippen molar-refractivity contribution in [3.05, 3.63) is 89.4 Å². The van der Waals surface area contributed by atoms with Crippen LogP contribution in [0.2, 0.25) is 0 Å². The third kappa shape index (κ3) is 3.32. The Bertz CT molecular complexity index is 1130. The fraction of sp³-hybridized carbons (Fsp3) is 0.136. The summed E-state index contributed by atoms with van der Waals surface area (Å²) >= 11 is 0. The molecule has 1 aliphatic rings. The fourth-order valence-electron chi connectivity index (χ4n) is 3.47. The third-order valence-corrected chi connectivity index (χ3v) is 4.89. The number of carbonyl (C=O) groups excluding carboxylic acids is 2. The van der Waals surface area contributed by atoms with Gasteiger partial charge in [-0.3, -0.25) is 14.6 Å². The van der Waals surface area contributed by atoms with E-state index < -0.39 is 29.3 Å². The summed E-state index contributed by atoms with van der Waals surface area (Å²) in [5, 5.41) is 10.9. The van der Waals surface area contributed by atoms with Gasteiger partial charge in [-0.05, 0) is 48.0 Å². The van der Waals surface area contributed by atoms with Gasteiger partial charge >= 0.3 is 0 Å². The number of aromatic nitrogens is 1. The highest BCUT2D eigenvalue weighted by Crippen LogP contribution is 2.40. The number of nitrogens with zero attached hydrogens (tertiary/aromatic N) is 2. The van der Waals surface area contributed by atoms with Crippen molar-refractivity contribution < 1.29 is 28.2 Å². The molecule has 4 rings (SSSR count). The van der Waals surface area contributed by atoms with Gasteiger partial charge in [0.1, 0.15) is 11.5 Å². The molecule has 1 aliphatic heterocycles. The lowest BCUT2D eigenvalue weighted by Gasteiger charge is -2.24. The molecular weight excluding hydrogens is 391 g/mol. The second-order valence-electron chi connectivity index (χ2n) is 6.64. The molecule has 0 aliphatic carbocycles. The predicted octanol–water partition coefficient (Wildman–Crippen LogP) is 3.44. The largest absolute Gasteiger partial charge is 0.507 e. The van der Waals surface area contributed by atoms with E-state index in [0.29, 0.717) is 11.3 Å². The van der Waals surface area contributed by atoms with E-state index in [-0.39, 0.29) is 23.4 Å². The van der Waals surface area contributed by atoms with Crippen LogP contribution < -0.4 is 4.74 Å². The van der Waals surface area contributed by atoms with Crippen molar-refractivity contribution >= 4 is 17.4 Å². The van der Waals surface area contributed by atoms with E-state index in [9.17, 15) is 19.1 Å². The number of pyridine rings is 1. The Morgan fingerprint density at radius 1 is 1.23 bits per heavy atom. The first-order valence-electron chi connectivity index (χ1n) is 9.06. The lowest BCUT2D eigenvalue weighted by Crippen LogP contribution is -2.29. The van der Waals surface area contributed by atoms with Gasteiger partial charge in [0, 0.05) is 18.0 Å². The van der Waals surface area contributed by atoms with E-state index in [1.165, 1.54) is 42.8 Å². The Morgan fingerprint density at radius 2 is 2.00 bits per heavy atom. The summed E-state index contributed by atoms with van der Waals surface area (Å²) in [4.78, 5) is 31.0. The molecule has 0 bridgehead atoms. The molecule has 3 heterocycles. The average Bonchev–Trinajstić information content (AvgIpc) is 3.36. The van der Waals surface area contributed by atoms with Gasteiger partial charge in [-0.2, -0.15) is 0 Å². The zero-order chi connectivity index (χ0) is 21.3. The first-order valence-corrected chi connectivity index (χ1v) is 9.06. The Kier molecular flexibility index (Phi) is 5.05. The topological polar surface area (TPSA) is 92.9 Å². The van der Waals surface area contributed by atoms with E-state index in [0.717, 1.165) is 6.07 Å². The van der Waals surface area contributed by atoms with Crippen LogP contribution in [0.25, 0.3) is 5.76 Å². The van der Waals surface area contributed by atoms with Crippen molar-refractivity contribution in [2.24, 2.45) is 0 Å². The van der Waals surface area contributed by atoms with Crippen molar-refractivity contribution in [1.82, 2.24) is 9.88 Å². The molecule has 1 saturated heterocycles. The Labute approximate surface area is 171 Å². The minimum Gasteiger partial charge on any atom is -0.507 e. The van der Waals surface area contributed by atoms with Gasteiger partial charge in [0.2, 0.25) is 0 Å². The number of benzene rings is 1. The number of rotatable bonds is 5. The van der Waals surface area contributed by atoms with Crippen molar-refractivity contribution in [2.75, 3.05) is 7.11 Å². The van der Waals surface area contributed by atoms with Gasteiger partial charge in [-0.1, -0.05) is 0 Å². The van der Waals surface area contributed by atoms with Crippen molar-refractivity contribution in [3.63, 3.8) is 0 Å². The highest BCUT2D eigenvalue weighted by Gasteiger charge is 2.46. The number of amides is 1. The van der Waals surface area contributed by atoms with Crippen LogP contribution in [0.5, 0.6) is 5.75 Å². The smallest absolute Gasteiger partial charge is 0.296 e. The summed E-state index contributed by atoms with van der Waals surface area (Å²) in [5.41, 5.74) is 0.497. The third-order valence-electron chi connectivity index (χ3n) is 4.89. The number of aliphatic hydroxyl groups is 1. The molecule has 1 atom stereocenters. The predicted molar refractivity (Wildman–Crippen MR) is 104 cm³/mol. The monoisotopic (exact) mass is 408 g/mol. The SMILES string of the molecule is COc1ccc(/C(O)=C2\C(=O)C(=O)N(Cc3ccco3)C2c2ccncc2)cc1F. The van der Waals surface area contributed by atoms with Crippen LogP contribution in [0.4, 0.5) is 4.39 Å². The van der Waals surface area contributed by atoms with Crippen LogP contribution in [-0.2, 0) is 16.1 Å². The molecule has 0 spiro atoms. The lowest BCUT2D eigenvalue weighted by atomic mass is 9.96. The molecular formula is C22H17FN2O5. The van der Waals surface area contributed by atoms with Crippen molar-refractivity contribution in [3.8, 4) is 5.75 Å². The molecule has 1 unspecified atom stereocenters. The Morgan fingerprint density at radius 3 is 2.63 bits per heavy atom. The van der Waals surface area contributed by atoms with Gasteiger partial charge in [0.05, 0.1) is 31.5 Å². The van der Waals surface area contributed by atoms with Crippen LogP contribution >= 0.6 is 0 Å². The molecule has 0 saturated carbocycles. The average molecular weight is 408 g/mol. The first kappa shape index (κ1) is 19.4. The summed E-state index contributed by atoms with van der Waals surface area (Å²) in [5.74, 6) is -2.35. The molecule has 3 aromatic rings. The number of carbonyl (C=O) groups is 2. The standard InChI is InChI=1S/C22H17FN2O5/c1-29-17-5-4-14(11-16(17)23)20(26)18-19(13-6-8-24-9-7-13)25(22(28)21(18)27)12-15-3-2-10-30-15/h2-11,19,26H,12H2,1H3/b20-18+. The first-order chi connectivity index (χ1) is 14.5. The van der Waals surface area contributed by atoms with E-state index >= 15 is 0 Å². The quantitative estimate of drug-likeness (QED) is 0.395. The van der Waals surface area contributed by atoms with Crippen molar-refractivity contribution in [1.29, 1.82) is 0 Å². The normalized spacial score (nSPS) is 18.1. The number of methoxy groups -OCH3 is 1. The minimum absolute atomic E-state index is 0.00416. The van der Waals surface area contributed by atoms with E-state index in [4.69, 9.17) is 9.15 Å². The summed E-state index contributed by atoms with van der Waals surface area (Å²) < 4.78 is 24.4. The van der Waals surface area contributed by atoms with Crippen LogP contribution in [0, 0.1) is 5.82 Å². The van der Waals surface area contributed by atoms with Crippen LogP contribution in [0.1, 0.15) is 22.9 Å². The number of ketones is 1. The number of likely N-dealkylation sites (tertiary alicyclic amines) is 1. The van der Waals surface area contributed by atoms with E-state index in [1.54, 1.807) is 24.3 Å². The maximum absolute atomic E-state index is 14.2. The van der Waals surface area contributed by atoms with E-state index in [1.807, 2.05) is 0 Å². The maximum atomic E-state index is 14.2. The molecule has 1 amide bonds. The highest BCUT2D eigenvalue weighted by atomic mass is 19.1. The molecule has 1 fully saturated rings. The van der Waals surface area contributed by atoms with Gasteiger partial charge in [0.15, 0.2) is 11.6 Å². The van der Waals surface area contributed by atoms with Crippen molar-refractivity contribution in [2.45, 2.75) is 12.6 Å². The Balaban J connectivity index is 1.85. The molecule has 152 valence electrons. The van der Waals surface area contributed by atoms with Gasteiger partial charge < -0.3 is 19.2 Å². The summed E-state index contributed by atoms with van der Waals surface area (Å²) in [6, 6.07) is 9.57. The second-order valence-corrected chi connectivity index (χ2v) is 6.64. The van der Waals surface area contributed by atoms with Gasteiger partial charge in [-0.25, -0.2) is 4.39 Å². The lowest BCUT2D eigenvalue weighted by molar-refractivity contribution is -0.140. The zero-order valence-electron chi connectivity index (χ0n) is 15.9.